The van der Waals surface area contributed by atoms with E-state index in [1.807, 2.05) is 18.2 Å². The topological polar surface area (TPSA) is 47.6 Å². The molecule has 0 atom stereocenters. The van der Waals surface area contributed by atoms with Crippen molar-refractivity contribution in [1.82, 2.24) is 5.32 Å². The van der Waals surface area contributed by atoms with Crippen LogP contribution in [0.2, 0.25) is 0 Å². The maximum Gasteiger partial charge on any atom is 0.230 e. The van der Waals surface area contributed by atoms with Crippen LogP contribution < -0.4 is 14.8 Å². The van der Waals surface area contributed by atoms with Gasteiger partial charge < -0.3 is 14.8 Å². The van der Waals surface area contributed by atoms with Crippen LogP contribution in [0.4, 0.5) is 4.39 Å². The van der Waals surface area contributed by atoms with Gasteiger partial charge in [-0.1, -0.05) is 24.3 Å². The molecule has 134 valence electrons. The molecule has 0 aliphatic carbocycles. The number of nitrogens with one attached hydrogen (secondary N) is 1. The Kier molecular flexibility index (Phi) is 7.60. The van der Waals surface area contributed by atoms with Crippen LogP contribution >= 0.6 is 11.8 Å². The van der Waals surface area contributed by atoms with E-state index in [0.717, 1.165) is 5.56 Å². The van der Waals surface area contributed by atoms with Crippen LogP contribution in [-0.2, 0) is 17.0 Å². The maximum absolute atomic E-state index is 13.5. The van der Waals surface area contributed by atoms with Crippen LogP contribution in [0.1, 0.15) is 11.1 Å². The number of halogens is 1. The number of rotatable bonds is 9. The van der Waals surface area contributed by atoms with Crippen molar-refractivity contribution < 1.29 is 18.7 Å². The van der Waals surface area contributed by atoms with Crippen molar-refractivity contribution in [1.29, 1.82) is 0 Å². The molecule has 0 spiro atoms. The molecule has 0 aliphatic heterocycles. The lowest BCUT2D eigenvalue weighted by Gasteiger charge is -2.10. The highest BCUT2D eigenvalue weighted by atomic mass is 32.2. The number of amides is 1. The molecule has 2 rings (SSSR count). The number of hydrogen-bond donors (Lipinski definition) is 1. The molecule has 0 saturated carbocycles. The van der Waals surface area contributed by atoms with Crippen molar-refractivity contribution in [2.75, 3.05) is 26.5 Å². The summed E-state index contributed by atoms with van der Waals surface area (Å²) < 4.78 is 23.9. The standard InChI is InChI=1S/C19H22FNO3S/c1-23-17-8-7-14(11-18(17)24-2)9-10-21-19(22)13-25-12-15-5-3-4-6-16(15)20/h3-8,11H,9-10,12-13H2,1-2H3,(H,21,22). The molecule has 0 aliphatic rings. The number of ether oxygens (including phenoxy) is 2. The Morgan fingerprint density at radius 1 is 1.12 bits per heavy atom. The highest BCUT2D eigenvalue weighted by Gasteiger charge is 2.07. The summed E-state index contributed by atoms with van der Waals surface area (Å²) in [5.74, 6) is 1.85. The lowest BCUT2D eigenvalue weighted by Crippen LogP contribution is -2.27. The molecule has 4 nitrogen and oxygen atoms in total. The normalized spacial score (nSPS) is 10.4. The first-order valence-electron chi connectivity index (χ1n) is 7.92. The smallest absolute Gasteiger partial charge is 0.230 e. The van der Waals surface area contributed by atoms with E-state index >= 15 is 0 Å². The number of methoxy groups -OCH3 is 2. The maximum atomic E-state index is 13.5. The summed E-state index contributed by atoms with van der Waals surface area (Å²) in [4.78, 5) is 11.9. The molecule has 6 heteroatoms. The second-order valence-electron chi connectivity index (χ2n) is 5.37. The summed E-state index contributed by atoms with van der Waals surface area (Å²) in [5, 5.41) is 2.87. The van der Waals surface area contributed by atoms with Crippen molar-refractivity contribution in [2.45, 2.75) is 12.2 Å². The summed E-state index contributed by atoms with van der Waals surface area (Å²) >= 11 is 1.40. The van der Waals surface area contributed by atoms with Gasteiger partial charge in [-0.15, -0.1) is 11.8 Å². The molecule has 0 heterocycles. The number of benzene rings is 2. The summed E-state index contributed by atoms with van der Waals surface area (Å²) in [6, 6.07) is 12.3. The van der Waals surface area contributed by atoms with Gasteiger partial charge in [-0.05, 0) is 35.7 Å². The fourth-order valence-corrected chi connectivity index (χ4v) is 3.15. The lowest BCUT2D eigenvalue weighted by molar-refractivity contribution is -0.118. The average molecular weight is 363 g/mol. The minimum Gasteiger partial charge on any atom is -0.493 e. The second-order valence-corrected chi connectivity index (χ2v) is 6.36. The van der Waals surface area contributed by atoms with Gasteiger partial charge in [0.15, 0.2) is 11.5 Å². The van der Waals surface area contributed by atoms with Crippen molar-refractivity contribution in [3.8, 4) is 11.5 Å². The molecule has 0 saturated heterocycles. The van der Waals surface area contributed by atoms with E-state index in [4.69, 9.17) is 9.47 Å². The monoisotopic (exact) mass is 363 g/mol. The molecule has 0 bridgehead atoms. The fourth-order valence-electron chi connectivity index (χ4n) is 2.30. The average Bonchev–Trinajstić information content (AvgIpc) is 2.63. The predicted molar refractivity (Wildman–Crippen MR) is 98.8 cm³/mol. The number of hydrogen-bond acceptors (Lipinski definition) is 4. The minimum absolute atomic E-state index is 0.0539. The van der Waals surface area contributed by atoms with Crippen molar-refractivity contribution in [3.63, 3.8) is 0 Å². The van der Waals surface area contributed by atoms with E-state index in [2.05, 4.69) is 5.32 Å². The third-order valence-corrected chi connectivity index (χ3v) is 4.61. The van der Waals surface area contributed by atoms with Gasteiger partial charge in [0.2, 0.25) is 5.91 Å². The van der Waals surface area contributed by atoms with Crippen LogP contribution in [0.3, 0.4) is 0 Å². The first-order chi connectivity index (χ1) is 12.1. The largest absolute Gasteiger partial charge is 0.493 e. The summed E-state index contributed by atoms with van der Waals surface area (Å²) in [5.41, 5.74) is 1.67. The molecule has 25 heavy (non-hydrogen) atoms. The molecule has 0 fully saturated rings. The van der Waals surface area contributed by atoms with E-state index in [9.17, 15) is 9.18 Å². The fraction of sp³-hybridized carbons (Fsp3) is 0.316. The van der Waals surface area contributed by atoms with Gasteiger partial charge in [0.25, 0.3) is 0 Å². The van der Waals surface area contributed by atoms with Crippen LogP contribution in [-0.4, -0.2) is 32.4 Å². The Hall–Kier alpha value is -2.21. The first-order valence-corrected chi connectivity index (χ1v) is 9.08. The van der Waals surface area contributed by atoms with Crippen molar-refractivity contribution >= 4 is 17.7 Å². The van der Waals surface area contributed by atoms with Gasteiger partial charge in [0.05, 0.1) is 20.0 Å². The minimum atomic E-state index is -0.233. The molecule has 1 amide bonds. The van der Waals surface area contributed by atoms with Gasteiger partial charge in [0, 0.05) is 12.3 Å². The van der Waals surface area contributed by atoms with Crippen molar-refractivity contribution in [3.05, 3.63) is 59.4 Å². The molecule has 0 unspecified atom stereocenters. The predicted octanol–water partition coefficient (Wildman–Crippen LogP) is 3.44. The highest BCUT2D eigenvalue weighted by Crippen LogP contribution is 2.27. The SMILES string of the molecule is COc1ccc(CCNC(=O)CSCc2ccccc2F)cc1OC. The summed E-state index contributed by atoms with van der Waals surface area (Å²) in [6.45, 7) is 0.536. The van der Waals surface area contributed by atoms with Gasteiger partial charge in [-0.3, -0.25) is 4.79 Å². The lowest BCUT2D eigenvalue weighted by atomic mass is 10.1. The van der Waals surface area contributed by atoms with E-state index in [0.29, 0.717) is 41.5 Å². The molecule has 0 radical (unpaired) electrons. The van der Waals surface area contributed by atoms with E-state index in [1.54, 1.807) is 32.4 Å². The van der Waals surface area contributed by atoms with Crippen LogP contribution in [0.15, 0.2) is 42.5 Å². The van der Waals surface area contributed by atoms with E-state index in [-0.39, 0.29) is 11.7 Å². The van der Waals surface area contributed by atoms with Gasteiger partial charge in [-0.2, -0.15) is 0 Å². The third-order valence-electron chi connectivity index (χ3n) is 3.63. The molecular formula is C19H22FNO3S. The van der Waals surface area contributed by atoms with Crippen LogP contribution in [0.25, 0.3) is 0 Å². The van der Waals surface area contributed by atoms with Gasteiger partial charge >= 0.3 is 0 Å². The van der Waals surface area contributed by atoms with Crippen LogP contribution in [0, 0.1) is 5.82 Å². The second kappa shape index (κ2) is 9.93. The molecule has 1 N–H and O–H groups in total. The molecule has 0 aromatic heterocycles. The molecular weight excluding hydrogens is 341 g/mol. The molecule has 2 aromatic carbocycles. The quantitative estimate of drug-likeness (QED) is 0.741. The van der Waals surface area contributed by atoms with Crippen LogP contribution in [0.5, 0.6) is 11.5 Å². The van der Waals surface area contributed by atoms with E-state index < -0.39 is 0 Å². The number of thioether (sulfide) groups is 1. The van der Waals surface area contributed by atoms with Gasteiger partial charge in [0.1, 0.15) is 5.82 Å². The Morgan fingerprint density at radius 3 is 2.60 bits per heavy atom. The van der Waals surface area contributed by atoms with Crippen molar-refractivity contribution in [2.24, 2.45) is 0 Å². The van der Waals surface area contributed by atoms with E-state index in [1.165, 1.54) is 17.8 Å². The summed E-state index contributed by atoms with van der Waals surface area (Å²) in [7, 11) is 3.19. The molecule has 2 aromatic rings. The first kappa shape index (κ1) is 19.1. The zero-order chi connectivity index (χ0) is 18.1. The third kappa shape index (κ3) is 5.98. The Morgan fingerprint density at radius 2 is 1.88 bits per heavy atom. The Bertz CT molecular complexity index is 709. The summed E-state index contributed by atoms with van der Waals surface area (Å²) in [6.07, 6.45) is 0.698. The highest BCUT2D eigenvalue weighted by molar-refractivity contribution is 7.99. The number of carbonyl (C=O) groups is 1. The zero-order valence-electron chi connectivity index (χ0n) is 14.4. The van der Waals surface area contributed by atoms with Gasteiger partial charge in [-0.25, -0.2) is 4.39 Å². The number of carbonyl (C=O) groups excluding carboxylic acids is 1. The zero-order valence-corrected chi connectivity index (χ0v) is 15.2. The Balaban J connectivity index is 1.71. The Labute approximate surface area is 151 Å².